The van der Waals surface area contributed by atoms with Gasteiger partial charge in [0.05, 0.1) is 6.04 Å². The molecule has 0 unspecified atom stereocenters. The maximum absolute atomic E-state index is 12.3. The molecule has 3 heterocycles. The van der Waals surface area contributed by atoms with Crippen LogP contribution in [0, 0.1) is 13.8 Å². The number of carbonyl (C=O) groups is 1. The van der Waals surface area contributed by atoms with E-state index < -0.39 is 0 Å². The molecule has 21 heavy (non-hydrogen) atoms. The first-order valence-corrected chi connectivity index (χ1v) is 7.47. The number of amides is 1. The monoisotopic (exact) mass is 306 g/mol. The topological polar surface area (TPSA) is 90.0 Å². The van der Waals surface area contributed by atoms with Gasteiger partial charge in [-0.3, -0.25) is 14.2 Å². The van der Waals surface area contributed by atoms with Crippen molar-refractivity contribution in [2.45, 2.75) is 31.5 Å². The first-order chi connectivity index (χ1) is 10.1. The number of fused-ring (bicyclic) bond motifs is 1. The highest BCUT2D eigenvalue weighted by Crippen LogP contribution is 2.32. The van der Waals surface area contributed by atoms with Gasteiger partial charge in [-0.1, -0.05) is 16.9 Å². The zero-order chi connectivity index (χ0) is 15.0. The third-order valence-corrected chi connectivity index (χ3v) is 4.55. The smallest absolute Gasteiger partial charge is 0.257 e. The van der Waals surface area contributed by atoms with Gasteiger partial charge in [0.2, 0.25) is 5.91 Å². The van der Waals surface area contributed by atoms with Gasteiger partial charge in [-0.25, -0.2) is 4.98 Å². The summed E-state index contributed by atoms with van der Waals surface area (Å²) >= 11 is 1.50. The maximum atomic E-state index is 12.3. The highest BCUT2D eigenvalue weighted by molar-refractivity contribution is 7.99. The van der Waals surface area contributed by atoms with Crippen LogP contribution in [-0.4, -0.2) is 26.4 Å². The predicted octanol–water partition coefficient (Wildman–Crippen LogP) is 1.52. The summed E-state index contributed by atoms with van der Waals surface area (Å²) in [6.45, 7) is 3.58. The van der Waals surface area contributed by atoms with Crippen LogP contribution in [0.15, 0.2) is 26.8 Å². The van der Waals surface area contributed by atoms with Crippen LogP contribution in [0.1, 0.15) is 23.7 Å². The lowest BCUT2D eigenvalue weighted by atomic mass is 10.2. The van der Waals surface area contributed by atoms with Gasteiger partial charge >= 0.3 is 0 Å². The normalized spacial score (nSPS) is 16.8. The van der Waals surface area contributed by atoms with E-state index in [4.69, 9.17) is 0 Å². The average molecular weight is 306 g/mol. The highest BCUT2D eigenvalue weighted by atomic mass is 32.2. The number of rotatable bonds is 3. The molecule has 0 saturated carbocycles. The number of nitrogens with one attached hydrogen (secondary N) is 1. The van der Waals surface area contributed by atoms with Gasteiger partial charge < -0.3 is 9.84 Å². The molecule has 0 aromatic carbocycles. The minimum atomic E-state index is -0.201. The number of hydrogen-bond donors (Lipinski definition) is 1. The summed E-state index contributed by atoms with van der Waals surface area (Å²) in [6, 6.07) is 1.38. The molecule has 0 bridgehead atoms. The number of aryl methyl sites for hydroxylation is 1. The van der Waals surface area contributed by atoms with Crippen molar-refractivity contribution in [2.75, 3.05) is 11.1 Å². The Labute approximate surface area is 124 Å². The Hall–Kier alpha value is -2.09. The Balaban J connectivity index is 1.80. The van der Waals surface area contributed by atoms with Crippen LogP contribution in [-0.2, 0) is 4.79 Å². The van der Waals surface area contributed by atoms with Gasteiger partial charge in [0.15, 0.2) is 11.0 Å². The molecule has 1 amide bonds. The van der Waals surface area contributed by atoms with E-state index in [-0.39, 0.29) is 23.9 Å². The third-order valence-electron chi connectivity index (χ3n) is 3.45. The van der Waals surface area contributed by atoms with Crippen LogP contribution in [0.5, 0.6) is 0 Å². The highest BCUT2D eigenvalue weighted by Gasteiger charge is 2.28. The van der Waals surface area contributed by atoms with E-state index in [1.165, 1.54) is 18.0 Å². The fourth-order valence-electron chi connectivity index (χ4n) is 2.21. The third kappa shape index (κ3) is 2.58. The molecule has 1 aliphatic rings. The van der Waals surface area contributed by atoms with Crippen molar-refractivity contribution in [3.63, 3.8) is 0 Å². The molecule has 3 rings (SSSR count). The molecule has 1 atom stereocenters. The van der Waals surface area contributed by atoms with Crippen molar-refractivity contribution < 1.29 is 9.32 Å². The summed E-state index contributed by atoms with van der Waals surface area (Å²) in [6.07, 6.45) is 1.59. The quantitative estimate of drug-likeness (QED) is 0.865. The van der Waals surface area contributed by atoms with E-state index in [2.05, 4.69) is 20.0 Å². The second-order valence-corrected chi connectivity index (χ2v) is 5.87. The molecule has 1 N–H and O–H groups in total. The van der Waals surface area contributed by atoms with Crippen LogP contribution < -0.4 is 10.9 Å². The minimum Gasteiger partial charge on any atom is -0.363 e. The number of anilines is 1. The molecule has 7 nitrogen and oxygen atoms in total. The lowest BCUT2D eigenvalue weighted by Crippen LogP contribution is -2.29. The van der Waals surface area contributed by atoms with Gasteiger partial charge in [0, 0.05) is 29.5 Å². The molecule has 1 aliphatic heterocycles. The Morgan fingerprint density at radius 2 is 2.38 bits per heavy atom. The van der Waals surface area contributed by atoms with E-state index >= 15 is 0 Å². The summed E-state index contributed by atoms with van der Waals surface area (Å²) in [5.41, 5.74) is 1.30. The zero-order valence-corrected chi connectivity index (χ0v) is 12.4. The Bertz CT molecular complexity index is 739. The number of thioether (sulfide) groups is 1. The lowest BCUT2D eigenvalue weighted by Gasteiger charge is -2.13. The van der Waals surface area contributed by atoms with Crippen molar-refractivity contribution in [3.05, 3.63) is 33.9 Å². The standard InChI is InChI=1S/C13H14N4O3S/c1-7-8(2)14-13-17(12(7)19)9(6-21-13)5-11(18)15-10-3-4-20-16-10/h3-4,9H,5-6H2,1-2H3,(H,15,16,18)/t9-/m1/s1. The number of aromatic nitrogens is 3. The lowest BCUT2D eigenvalue weighted by molar-refractivity contribution is -0.116. The largest absolute Gasteiger partial charge is 0.363 e. The molecular formula is C13H14N4O3S. The molecule has 0 fully saturated rings. The molecule has 0 saturated heterocycles. The van der Waals surface area contributed by atoms with Gasteiger partial charge in [0.25, 0.3) is 5.56 Å². The minimum absolute atomic E-state index is 0.0678. The summed E-state index contributed by atoms with van der Waals surface area (Å²) in [7, 11) is 0. The van der Waals surface area contributed by atoms with E-state index in [0.29, 0.717) is 22.3 Å². The molecule has 0 spiro atoms. The SMILES string of the molecule is Cc1nc2n(c(=O)c1C)[C@H](CC(=O)Nc1ccon1)CS2. The van der Waals surface area contributed by atoms with Crippen LogP contribution in [0.3, 0.4) is 0 Å². The van der Waals surface area contributed by atoms with Crippen molar-refractivity contribution in [2.24, 2.45) is 0 Å². The molecule has 2 aromatic rings. The van der Waals surface area contributed by atoms with Gasteiger partial charge in [-0.2, -0.15) is 0 Å². The summed E-state index contributed by atoms with van der Waals surface area (Å²) < 4.78 is 6.28. The van der Waals surface area contributed by atoms with E-state index in [9.17, 15) is 9.59 Å². The van der Waals surface area contributed by atoms with E-state index in [1.54, 1.807) is 17.6 Å². The van der Waals surface area contributed by atoms with Crippen molar-refractivity contribution in [1.82, 2.24) is 14.7 Å². The second kappa shape index (κ2) is 5.36. The molecule has 8 heteroatoms. The fourth-order valence-corrected chi connectivity index (χ4v) is 3.39. The molecule has 0 radical (unpaired) electrons. The Morgan fingerprint density at radius 3 is 3.10 bits per heavy atom. The predicted molar refractivity (Wildman–Crippen MR) is 77.5 cm³/mol. The Morgan fingerprint density at radius 1 is 1.57 bits per heavy atom. The molecule has 0 aliphatic carbocycles. The zero-order valence-electron chi connectivity index (χ0n) is 11.6. The van der Waals surface area contributed by atoms with E-state index in [0.717, 1.165) is 5.69 Å². The van der Waals surface area contributed by atoms with Gasteiger partial charge in [-0.15, -0.1) is 0 Å². The fraction of sp³-hybridized carbons (Fsp3) is 0.385. The van der Waals surface area contributed by atoms with Gasteiger partial charge in [0.1, 0.15) is 6.26 Å². The molecule has 110 valence electrons. The van der Waals surface area contributed by atoms with Crippen LogP contribution in [0.2, 0.25) is 0 Å². The van der Waals surface area contributed by atoms with Crippen molar-refractivity contribution in [3.8, 4) is 0 Å². The Kier molecular flexibility index (Phi) is 3.54. The summed E-state index contributed by atoms with van der Waals surface area (Å²) in [4.78, 5) is 28.8. The molecular weight excluding hydrogens is 292 g/mol. The van der Waals surface area contributed by atoms with Crippen molar-refractivity contribution in [1.29, 1.82) is 0 Å². The van der Waals surface area contributed by atoms with E-state index in [1.807, 2.05) is 6.92 Å². The van der Waals surface area contributed by atoms with Crippen molar-refractivity contribution >= 4 is 23.5 Å². The van der Waals surface area contributed by atoms with Crippen LogP contribution in [0.25, 0.3) is 0 Å². The summed E-state index contributed by atoms with van der Waals surface area (Å²) in [5.74, 6) is 0.834. The first-order valence-electron chi connectivity index (χ1n) is 6.49. The van der Waals surface area contributed by atoms with Crippen LogP contribution in [0.4, 0.5) is 5.82 Å². The first kappa shape index (κ1) is 13.9. The number of nitrogens with zero attached hydrogens (tertiary/aromatic N) is 3. The number of carbonyl (C=O) groups excluding carboxylic acids is 1. The second-order valence-electron chi connectivity index (χ2n) is 4.88. The molecule has 2 aromatic heterocycles. The summed E-state index contributed by atoms with van der Waals surface area (Å²) in [5, 5.41) is 6.94. The van der Waals surface area contributed by atoms with Crippen LogP contribution >= 0.6 is 11.8 Å². The maximum Gasteiger partial charge on any atom is 0.257 e. The average Bonchev–Trinajstić information content (AvgIpc) is 3.06. The van der Waals surface area contributed by atoms with Gasteiger partial charge in [-0.05, 0) is 13.8 Å². The number of hydrogen-bond acceptors (Lipinski definition) is 6.